The van der Waals surface area contributed by atoms with E-state index in [-0.39, 0.29) is 0 Å². The van der Waals surface area contributed by atoms with Gasteiger partial charge in [0.15, 0.2) is 0 Å². The lowest BCUT2D eigenvalue weighted by Crippen LogP contribution is -2.56. The van der Waals surface area contributed by atoms with Crippen LogP contribution in [0.1, 0.15) is 24.8 Å². The fourth-order valence-corrected chi connectivity index (χ4v) is 3.07. The highest BCUT2D eigenvalue weighted by Crippen LogP contribution is 2.37. The van der Waals surface area contributed by atoms with Crippen LogP contribution in [0.25, 0.3) is 0 Å². The zero-order valence-corrected chi connectivity index (χ0v) is 13.1. The third kappa shape index (κ3) is 3.07. The Bertz CT molecular complexity index is 455. The van der Waals surface area contributed by atoms with Crippen molar-refractivity contribution in [3.8, 4) is 5.75 Å². The zero-order chi connectivity index (χ0) is 14.8. The summed E-state index contributed by atoms with van der Waals surface area (Å²) < 4.78 is 5.43. The molecule has 1 aromatic carbocycles. The van der Waals surface area contributed by atoms with E-state index in [1.165, 1.54) is 24.8 Å². The first-order chi connectivity index (χ1) is 9.47. The smallest absolute Gasteiger partial charge is 0.125 e. The van der Waals surface area contributed by atoms with Crippen LogP contribution < -0.4 is 10.5 Å². The van der Waals surface area contributed by atoms with Crippen molar-refractivity contribution in [1.82, 2.24) is 9.80 Å². The Hall–Kier alpha value is -1.26. The van der Waals surface area contributed by atoms with Gasteiger partial charge >= 0.3 is 0 Å². The minimum Gasteiger partial charge on any atom is -0.496 e. The number of rotatable bonds is 6. The molecule has 0 unspecified atom stereocenters. The molecule has 2 rings (SSSR count). The molecule has 0 spiro atoms. The van der Waals surface area contributed by atoms with Gasteiger partial charge < -0.3 is 20.3 Å². The van der Waals surface area contributed by atoms with E-state index in [1.54, 1.807) is 7.11 Å². The Labute approximate surface area is 122 Å². The zero-order valence-electron chi connectivity index (χ0n) is 13.1. The lowest BCUT2D eigenvalue weighted by atomic mass is 9.75. The maximum atomic E-state index is 5.81. The highest BCUT2D eigenvalue weighted by Gasteiger charge is 2.39. The molecule has 0 atom stereocenters. The van der Waals surface area contributed by atoms with Gasteiger partial charge in [-0.1, -0.05) is 6.07 Å². The SMILES string of the molecule is COc1cc(N)ccc1CN(C)CC1(N(C)C)CCC1. The average molecular weight is 277 g/mol. The molecule has 0 amide bonds. The van der Waals surface area contributed by atoms with E-state index in [1.807, 2.05) is 12.1 Å². The largest absolute Gasteiger partial charge is 0.496 e. The Balaban J connectivity index is 2.03. The highest BCUT2D eigenvalue weighted by molar-refractivity contribution is 5.48. The monoisotopic (exact) mass is 277 g/mol. The van der Waals surface area contributed by atoms with Crippen molar-refractivity contribution in [3.63, 3.8) is 0 Å². The molecule has 4 nitrogen and oxygen atoms in total. The van der Waals surface area contributed by atoms with Gasteiger partial charge in [-0.3, -0.25) is 0 Å². The van der Waals surface area contributed by atoms with E-state index in [9.17, 15) is 0 Å². The molecule has 0 saturated heterocycles. The van der Waals surface area contributed by atoms with Crippen LogP contribution in [0.4, 0.5) is 5.69 Å². The van der Waals surface area contributed by atoms with E-state index in [0.29, 0.717) is 5.54 Å². The number of hydrogen-bond donors (Lipinski definition) is 1. The summed E-state index contributed by atoms with van der Waals surface area (Å²) in [6, 6.07) is 5.90. The number of ether oxygens (including phenoxy) is 1. The third-order valence-corrected chi connectivity index (χ3v) is 4.55. The van der Waals surface area contributed by atoms with E-state index in [0.717, 1.165) is 24.5 Å². The van der Waals surface area contributed by atoms with Crippen LogP contribution in [-0.4, -0.2) is 50.1 Å². The molecule has 4 heteroatoms. The first-order valence-electron chi connectivity index (χ1n) is 7.25. The van der Waals surface area contributed by atoms with Gasteiger partial charge in [0.2, 0.25) is 0 Å². The van der Waals surface area contributed by atoms with Crippen LogP contribution in [0.15, 0.2) is 18.2 Å². The lowest BCUT2D eigenvalue weighted by molar-refractivity contribution is 0.0257. The number of anilines is 1. The van der Waals surface area contributed by atoms with Gasteiger partial charge in [0.05, 0.1) is 7.11 Å². The van der Waals surface area contributed by atoms with Crippen molar-refractivity contribution >= 4 is 5.69 Å². The van der Waals surface area contributed by atoms with Crippen molar-refractivity contribution < 1.29 is 4.74 Å². The van der Waals surface area contributed by atoms with Gasteiger partial charge in [0.25, 0.3) is 0 Å². The summed E-state index contributed by atoms with van der Waals surface area (Å²) in [4.78, 5) is 4.76. The lowest BCUT2D eigenvalue weighted by Gasteiger charge is -2.49. The predicted molar refractivity (Wildman–Crippen MR) is 84.0 cm³/mol. The van der Waals surface area contributed by atoms with Crippen LogP contribution in [-0.2, 0) is 6.54 Å². The molecule has 0 aliphatic heterocycles. The van der Waals surface area contributed by atoms with Crippen molar-refractivity contribution in [2.24, 2.45) is 0 Å². The third-order valence-electron chi connectivity index (χ3n) is 4.55. The van der Waals surface area contributed by atoms with E-state index in [2.05, 4.69) is 37.0 Å². The second-order valence-corrected chi connectivity index (χ2v) is 6.22. The molecule has 0 aromatic heterocycles. The van der Waals surface area contributed by atoms with Gasteiger partial charge in [-0.05, 0) is 46.5 Å². The maximum absolute atomic E-state index is 5.81. The molecule has 1 aromatic rings. The molecular weight excluding hydrogens is 250 g/mol. The summed E-state index contributed by atoms with van der Waals surface area (Å²) >= 11 is 0. The Morgan fingerprint density at radius 1 is 1.25 bits per heavy atom. The van der Waals surface area contributed by atoms with Gasteiger partial charge in [-0.25, -0.2) is 0 Å². The fourth-order valence-electron chi connectivity index (χ4n) is 3.07. The van der Waals surface area contributed by atoms with Gasteiger partial charge in [-0.2, -0.15) is 0 Å². The molecule has 0 radical (unpaired) electrons. The quantitative estimate of drug-likeness (QED) is 0.809. The Morgan fingerprint density at radius 3 is 2.45 bits per heavy atom. The van der Waals surface area contributed by atoms with Gasteiger partial charge in [0, 0.05) is 35.9 Å². The highest BCUT2D eigenvalue weighted by atomic mass is 16.5. The normalized spacial score (nSPS) is 17.3. The summed E-state index contributed by atoms with van der Waals surface area (Å²) in [5.41, 5.74) is 8.10. The maximum Gasteiger partial charge on any atom is 0.125 e. The fraction of sp³-hybridized carbons (Fsp3) is 0.625. The summed E-state index contributed by atoms with van der Waals surface area (Å²) in [7, 11) is 8.26. The summed E-state index contributed by atoms with van der Waals surface area (Å²) in [6.45, 7) is 1.98. The molecule has 1 aliphatic rings. The van der Waals surface area contributed by atoms with Crippen LogP contribution in [0, 0.1) is 0 Å². The van der Waals surface area contributed by atoms with Crippen LogP contribution in [0.3, 0.4) is 0 Å². The molecule has 1 saturated carbocycles. The molecular formula is C16H27N3O. The van der Waals surface area contributed by atoms with E-state index in [4.69, 9.17) is 10.5 Å². The number of hydrogen-bond acceptors (Lipinski definition) is 4. The molecule has 1 aliphatic carbocycles. The van der Waals surface area contributed by atoms with Crippen molar-refractivity contribution in [2.45, 2.75) is 31.3 Å². The second kappa shape index (κ2) is 6.02. The van der Waals surface area contributed by atoms with E-state index < -0.39 is 0 Å². The van der Waals surface area contributed by atoms with Crippen molar-refractivity contribution in [1.29, 1.82) is 0 Å². The first-order valence-corrected chi connectivity index (χ1v) is 7.25. The molecule has 112 valence electrons. The molecule has 0 heterocycles. The first kappa shape index (κ1) is 15.1. The molecule has 0 bridgehead atoms. The predicted octanol–water partition coefficient (Wildman–Crippen LogP) is 2.19. The number of benzene rings is 1. The number of likely N-dealkylation sites (N-methyl/N-ethyl adjacent to an activating group) is 2. The molecule has 20 heavy (non-hydrogen) atoms. The molecule has 1 fully saturated rings. The average Bonchev–Trinajstić information content (AvgIpc) is 2.35. The van der Waals surface area contributed by atoms with E-state index >= 15 is 0 Å². The number of nitrogens with two attached hydrogens (primary N) is 1. The minimum atomic E-state index is 0.357. The molecule has 2 N–H and O–H groups in total. The number of nitrogens with zero attached hydrogens (tertiary/aromatic N) is 2. The van der Waals surface area contributed by atoms with Gasteiger partial charge in [0.1, 0.15) is 5.75 Å². The van der Waals surface area contributed by atoms with Gasteiger partial charge in [-0.15, -0.1) is 0 Å². The Morgan fingerprint density at radius 2 is 1.95 bits per heavy atom. The topological polar surface area (TPSA) is 41.7 Å². The number of methoxy groups -OCH3 is 1. The minimum absolute atomic E-state index is 0.357. The van der Waals surface area contributed by atoms with Crippen LogP contribution >= 0.6 is 0 Å². The van der Waals surface area contributed by atoms with Crippen LogP contribution in [0.2, 0.25) is 0 Å². The van der Waals surface area contributed by atoms with Crippen molar-refractivity contribution in [3.05, 3.63) is 23.8 Å². The standard InChI is InChI=1S/C16H27N3O/c1-18(2)16(8-5-9-16)12-19(3)11-13-6-7-14(17)10-15(13)20-4/h6-7,10H,5,8-9,11-12,17H2,1-4H3. The summed E-state index contributed by atoms with van der Waals surface area (Å²) in [5, 5.41) is 0. The summed E-state index contributed by atoms with van der Waals surface area (Å²) in [5.74, 6) is 0.879. The summed E-state index contributed by atoms with van der Waals surface area (Å²) in [6.07, 6.45) is 3.93. The second-order valence-electron chi connectivity index (χ2n) is 6.22. The number of nitrogen functional groups attached to an aromatic ring is 1. The van der Waals surface area contributed by atoms with Crippen LogP contribution in [0.5, 0.6) is 5.75 Å². The van der Waals surface area contributed by atoms with Crippen molar-refractivity contribution in [2.75, 3.05) is 40.5 Å². The Kier molecular flexibility index (Phi) is 4.55.